The van der Waals surface area contributed by atoms with E-state index in [-0.39, 0.29) is 12.7 Å². The van der Waals surface area contributed by atoms with Gasteiger partial charge in [-0.1, -0.05) is 43.9 Å². The van der Waals surface area contributed by atoms with Crippen LogP contribution in [-0.2, 0) is 11.3 Å². The van der Waals surface area contributed by atoms with Crippen LogP contribution in [0.1, 0.15) is 31.4 Å². The topological polar surface area (TPSA) is 49.8 Å². The van der Waals surface area contributed by atoms with E-state index in [9.17, 15) is 4.79 Å². The largest absolute Gasteiger partial charge is 0.449 e. The van der Waals surface area contributed by atoms with Crippen LogP contribution in [0.15, 0.2) is 24.3 Å². The van der Waals surface area contributed by atoms with Crippen molar-refractivity contribution in [3.63, 3.8) is 0 Å². The molecule has 0 heterocycles. The number of amides is 1. The first-order valence-electron chi connectivity index (χ1n) is 7.10. The molecule has 1 aromatic rings. The van der Waals surface area contributed by atoms with Gasteiger partial charge in [-0.2, -0.15) is 0 Å². The third-order valence-electron chi connectivity index (χ3n) is 2.74. The van der Waals surface area contributed by atoms with Gasteiger partial charge in [0.2, 0.25) is 0 Å². The number of hydrogen-bond donors (Lipinski definition) is 1. The second-order valence-electron chi connectivity index (χ2n) is 5.26. The van der Waals surface area contributed by atoms with Crippen molar-refractivity contribution in [1.29, 1.82) is 0 Å². The lowest BCUT2D eigenvalue weighted by molar-refractivity contribution is 0.0980. The second-order valence-corrected chi connectivity index (χ2v) is 5.26. The third-order valence-corrected chi connectivity index (χ3v) is 2.74. The Morgan fingerprint density at radius 3 is 2.76 bits per heavy atom. The summed E-state index contributed by atoms with van der Waals surface area (Å²) in [7, 11) is 1.71. The van der Waals surface area contributed by atoms with Crippen molar-refractivity contribution in [1.82, 2.24) is 4.90 Å². The first-order chi connectivity index (χ1) is 10.0. The zero-order valence-electron chi connectivity index (χ0n) is 12.9. The summed E-state index contributed by atoms with van der Waals surface area (Å²) in [6.45, 7) is 4.91. The fourth-order valence-electron chi connectivity index (χ4n) is 1.66. The van der Waals surface area contributed by atoms with E-state index < -0.39 is 0 Å². The zero-order chi connectivity index (χ0) is 15.7. The highest BCUT2D eigenvalue weighted by Gasteiger charge is 2.12. The lowest BCUT2D eigenvalue weighted by Gasteiger charge is -2.18. The Kier molecular flexibility index (Phi) is 7.34. The van der Waals surface area contributed by atoms with E-state index in [4.69, 9.17) is 9.84 Å². The SMILES string of the molecule is CC(C)COC(=O)N(C)Cc1ccccc1C#CCCO. The molecule has 0 aliphatic rings. The van der Waals surface area contributed by atoms with Crippen molar-refractivity contribution in [2.24, 2.45) is 5.92 Å². The summed E-state index contributed by atoms with van der Waals surface area (Å²) < 4.78 is 5.19. The quantitative estimate of drug-likeness (QED) is 0.848. The van der Waals surface area contributed by atoms with Crippen LogP contribution in [0.3, 0.4) is 0 Å². The first-order valence-corrected chi connectivity index (χ1v) is 7.10. The molecule has 0 unspecified atom stereocenters. The van der Waals surface area contributed by atoms with Gasteiger partial charge in [0.25, 0.3) is 0 Å². The molecule has 0 saturated heterocycles. The summed E-state index contributed by atoms with van der Waals surface area (Å²) in [6, 6.07) is 7.67. The summed E-state index contributed by atoms with van der Waals surface area (Å²) in [5, 5.41) is 8.76. The number of nitrogens with zero attached hydrogens (tertiary/aromatic N) is 1. The molecule has 1 aromatic carbocycles. The van der Waals surface area contributed by atoms with Gasteiger partial charge in [0.15, 0.2) is 0 Å². The highest BCUT2D eigenvalue weighted by Crippen LogP contribution is 2.11. The number of benzene rings is 1. The lowest BCUT2D eigenvalue weighted by Crippen LogP contribution is -2.28. The van der Waals surface area contributed by atoms with Crippen molar-refractivity contribution in [3.8, 4) is 11.8 Å². The van der Waals surface area contributed by atoms with E-state index in [0.717, 1.165) is 11.1 Å². The minimum absolute atomic E-state index is 0.0522. The van der Waals surface area contributed by atoms with Gasteiger partial charge < -0.3 is 14.7 Å². The average Bonchev–Trinajstić information content (AvgIpc) is 2.46. The third kappa shape index (κ3) is 6.33. The molecule has 0 saturated carbocycles. The highest BCUT2D eigenvalue weighted by molar-refractivity contribution is 5.67. The fraction of sp³-hybridized carbons (Fsp3) is 0.471. The fourth-order valence-corrected chi connectivity index (χ4v) is 1.66. The summed E-state index contributed by atoms with van der Waals surface area (Å²) in [6.07, 6.45) is 0.113. The van der Waals surface area contributed by atoms with Crippen LogP contribution in [0.5, 0.6) is 0 Å². The van der Waals surface area contributed by atoms with Crippen molar-refractivity contribution in [2.45, 2.75) is 26.8 Å². The molecule has 4 heteroatoms. The second kappa shape index (κ2) is 9.04. The molecule has 0 aliphatic heterocycles. The molecule has 1 rings (SSSR count). The van der Waals surface area contributed by atoms with Gasteiger partial charge in [0, 0.05) is 25.6 Å². The maximum absolute atomic E-state index is 11.9. The molecule has 0 radical (unpaired) electrons. The van der Waals surface area contributed by atoms with Crippen molar-refractivity contribution >= 4 is 6.09 Å². The van der Waals surface area contributed by atoms with Crippen LogP contribution < -0.4 is 0 Å². The van der Waals surface area contributed by atoms with E-state index >= 15 is 0 Å². The van der Waals surface area contributed by atoms with Crippen LogP contribution >= 0.6 is 0 Å². The Labute approximate surface area is 126 Å². The standard InChI is InChI=1S/C17H23NO3/c1-14(2)13-21-17(20)18(3)12-16-10-5-4-8-15(16)9-6-7-11-19/h4-5,8,10,14,19H,7,11-13H2,1-3H3. The van der Waals surface area contributed by atoms with Crippen molar-refractivity contribution < 1.29 is 14.6 Å². The molecule has 0 fully saturated rings. The summed E-state index contributed by atoms with van der Waals surface area (Å²) in [4.78, 5) is 13.4. The molecule has 0 atom stereocenters. The Morgan fingerprint density at radius 2 is 2.10 bits per heavy atom. The minimum Gasteiger partial charge on any atom is -0.449 e. The van der Waals surface area contributed by atoms with Crippen LogP contribution in [0.25, 0.3) is 0 Å². The normalized spacial score (nSPS) is 9.95. The molecule has 1 N–H and O–H groups in total. The minimum atomic E-state index is -0.332. The number of aliphatic hydroxyl groups is 1. The first kappa shape index (κ1) is 17.1. The summed E-state index contributed by atoms with van der Waals surface area (Å²) in [5.41, 5.74) is 1.83. The molecule has 21 heavy (non-hydrogen) atoms. The number of carbonyl (C=O) groups is 1. The van der Waals surface area contributed by atoms with Gasteiger partial charge in [0.1, 0.15) is 0 Å². The van der Waals surface area contributed by atoms with E-state index in [1.165, 1.54) is 4.90 Å². The van der Waals surface area contributed by atoms with E-state index in [1.807, 2.05) is 38.1 Å². The van der Waals surface area contributed by atoms with Crippen LogP contribution in [0, 0.1) is 17.8 Å². The summed E-state index contributed by atoms with van der Waals surface area (Å²) >= 11 is 0. The Morgan fingerprint density at radius 1 is 1.38 bits per heavy atom. The van der Waals surface area contributed by atoms with Crippen molar-refractivity contribution in [3.05, 3.63) is 35.4 Å². The van der Waals surface area contributed by atoms with E-state index in [1.54, 1.807) is 7.05 Å². The number of rotatable bonds is 5. The highest BCUT2D eigenvalue weighted by atomic mass is 16.6. The maximum atomic E-state index is 11.9. The molecule has 0 spiro atoms. The number of hydrogen-bond acceptors (Lipinski definition) is 3. The maximum Gasteiger partial charge on any atom is 0.409 e. The molecule has 4 nitrogen and oxygen atoms in total. The van der Waals surface area contributed by atoms with Gasteiger partial charge in [-0.15, -0.1) is 0 Å². The zero-order valence-corrected chi connectivity index (χ0v) is 12.9. The molecule has 1 amide bonds. The van der Waals surface area contributed by atoms with Gasteiger partial charge in [0.05, 0.1) is 13.2 Å². The van der Waals surface area contributed by atoms with Crippen LogP contribution in [0.4, 0.5) is 4.79 Å². The monoisotopic (exact) mass is 289 g/mol. The van der Waals surface area contributed by atoms with Crippen molar-refractivity contribution in [2.75, 3.05) is 20.3 Å². The molecule has 114 valence electrons. The smallest absolute Gasteiger partial charge is 0.409 e. The Balaban J connectivity index is 2.70. The Hall–Kier alpha value is -1.99. The van der Waals surface area contributed by atoms with Gasteiger partial charge in [-0.05, 0) is 17.5 Å². The summed E-state index contributed by atoms with van der Waals surface area (Å²) in [5.74, 6) is 6.24. The molecular weight excluding hydrogens is 266 g/mol. The van der Waals surface area contributed by atoms with Gasteiger partial charge in [-0.25, -0.2) is 4.79 Å². The van der Waals surface area contributed by atoms with Crippen LogP contribution in [0.2, 0.25) is 0 Å². The average molecular weight is 289 g/mol. The number of ether oxygens (including phenoxy) is 1. The predicted octanol–water partition coefficient (Wildman–Crippen LogP) is 2.64. The number of carbonyl (C=O) groups excluding carboxylic acids is 1. The van der Waals surface area contributed by atoms with E-state index in [0.29, 0.717) is 25.5 Å². The van der Waals surface area contributed by atoms with Gasteiger partial charge >= 0.3 is 6.09 Å². The van der Waals surface area contributed by atoms with Crippen LogP contribution in [-0.4, -0.2) is 36.4 Å². The predicted molar refractivity (Wildman–Crippen MR) is 82.7 cm³/mol. The van der Waals surface area contributed by atoms with Gasteiger partial charge in [-0.3, -0.25) is 0 Å². The Bertz CT molecular complexity index is 514. The molecule has 0 aromatic heterocycles. The number of aliphatic hydroxyl groups excluding tert-OH is 1. The molecule has 0 bridgehead atoms. The van der Waals surface area contributed by atoms with E-state index in [2.05, 4.69) is 11.8 Å². The molecular formula is C17H23NO3. The molecule has 0 aliphatic carbocycles. The lowest BCUT2D eigenvalue weighted by atomic mass is 10.1.